The van der Waals surface area contributed by atoms with E-state index < -0.39 is 0 Å². The van der Waals surface area contributed by atoms with Crippen LogP contribution in [0.3, 0.4) is 0 Å². The lowest BCUT2D eigenvalue weighted by molar-refractivity contribution is 0.0169. The molecule has 2 saturated heterocycles. The highest BCUT2D eigenvalue weighted by molar-refractivity contribution is 14.0. The van der Waals surface area contributed by atoms with Gasteiger partial charge in [0.2, 0.25) is 0 Å². The SMILES string of the molecule is CCNC(=NCC1(C)CCCO1)NCC(c1ccc(Cl)cc1)N1CCOCC1.I. The van der Waals surface area contributed by atoms with Crippen molar-refractivity contribution in [3.8, 4) is 0 Å². The summed E-state index contributed by atoms with van der Waals surface area (Å²) < 4.78 is 11.4. The Morgan fingerprint density at radius 3 is 2.55 bits per heavy atom. The Labute approximate surface area is 196 Å². The highest BCUT2D eigenvalue weighted by atomic mass is 127. The Morgan fingerprint density at radius 1 is 1.21 bits per heavy atom. The first-order chi connectivity index (χ1) is 13.6. The van der Waals surface area contributed by atoms with E-state index in [0.29, 0.717) is 6.54 Å². The monoisotopic (exact) mass is 536 g/mol. The molecule has 29 heavy (non-hydrogen) atoms. The van der Waals surface area contributed by atoms with Crippen LogP contribution in [0.1, 0.15) is 38.3 Å². The van der Waals surface area contributed by atoms with Gasteiger partial charge in [-0.3, -0.25) is 9.89 Å². The molecule has 3 rings (SSSR count). The number of nitrogens with one attached hydrogen (secondary N) is 2. The number of hydrogen-bond donors (Lipinski definition) is 2. The third-order valence-corrected chi connectivity index (χ3v) is 5.67. The van der Waals surface area contributed by atoms with Gasteiger partial charge in [-0.25, -0.2) is 0 Å². The van der Waals surface area contributed by atoms with Gasteiger partial charge in [-0.1, -0.05) is 23.7 Å². The highest BCUT2D eigenvalue weighted by Gasteiger charge is 2.29. The van der Waals surface area contributed by atoms with E-state index in [2.05, 4.69) is 41.5 Å². The molecule has 0 aliphatic carbocycles. The number of guanidine groups is 1. The number of rotatable bonds is 7. The first-order valence-corrected chi connectivity index (χ1v) is 10.7. The van der Waals surface area contributed by atoms with Gasteiger partial charge >= 0.3 is 0 Å². The van der Waals surface area contributed by atoms with Gasteiger partial charge in [0.05, 0.1) is 31.4 Å². The van der Waals surface area contributed by atoms with Crippen molar-refractivity contribution in [1.29, 1.82) is 0 Å². The standard InChI is InChI=1S/C21H33ClN4O2.HI/c1-3-23-20(25-16-21(2)9-4-12-28-21)24-15-19(26-10-13-27-14-11-26)17-5-7-18(22)8-6-17;/h5-8,19H,3-4,9-16H2,1-2H3,(H2,23,24,25);1H. The van der Waals surface area contributed by atoms with Gasteiger partial charge in [-0.05, 0) is 44.4 Å². The van der Waals surface area contributed by atoms with Crippen LogP contribution in [-0.4, -0.2) is 69.0 Å². The van der Waals surface area contributed by atoms with Crippen molar-refractivity contribution in [2.45, 2.75) is 38.3 Å². The third kappa shape index (κ3) is 7.54. The molecule has 0 bridgehead atoms. The number of ether oxygens (including phenoxy) is 2. The summed E-state index contributed by atoms with van der Waals surface area (Å²) in [5.41, 5.74) is 1.11. The number of benzene rings is 1. The molecule has 0 aromatic heterocycles. The number of nitrogens with zero attached hydrogens (tertiary/aromatic N) is 2. The first-order valence-electron chi connectivity index (χ1n) is 10.3. The van der Waals surface area contributed by atoms with Crippen LogP contribution in [0, 0.1) is 0 Å². The maximum atomic E-state index is 6.10. The topological polar surface area (TPSA) is 58.1 Å². The predicted molar refractivity (Wildman–Crippen MR) is 130 cm³/mol. The van der Waals surface area contributed by atoms with E-state index in [1.54, 1.807) is 0 Å². The Balaban J connectivity index is 0.00000300. The fourth-order valence-corrected chi connectivity index (χ4v) is 3.90. The van der Waals surface area contributed by atoms with Gasteiger partial charge < -0.3 is 20.1 Å². The fraction of sp³-hybridized carbons (Fsp3) is 0.667. The molecule has 0 amide bonds. The molecule has 8 heteroatoms. The average Bonchev–Trinajstić information content (AvgIpc) is 3.15. The molecule has 1 aromatic carbocycles. The van der Waals surface area contributed by atoms with E-state index in [-0.39, 0.29) is 35.6 Å². The van der Waals surface area contributed by atoms with Crippen LogP contribution in [0.5, 0.6) is 0 Å². The molecule has 164 valence electrons. The summed E-state index contributed by atoms with van der Waals surface area (Å²) in [6.07, 6.45) is 2.18. The third-order valence-electron chi connectivity index (χ3n) is 5.42. The van der Waals surface area contributed by atoms with Crippen molar-refractivity contribution >= 4 is 41.5 Å². The molecule has 6 nitrogen and oxygen atoms in total. The van der Waals surface area contributed by atoms with Gasteiger partial charge in [0.25, 0.3) is 0 Å². The van der Waals surface area contributed by atoms with Gasteiger partial charge in [-0.2, -0.15) is 0 Å². The van der Waals surface area contributed by atoms with Crippen LogP contribution in [0.2, 0.25) is 5.02 Å². The molecule has 2 aliphatic rings. The Bertz CT molecular complexity index is 632. The van der Waals surface area contributed by atoms with E-state index in [9.17, 15) is 0 Å². The minimum atomic E-state index is -0.137. The van der Waals surface area contributed by atoms with E-state index >= 15 is 0 Å². The average molecular weight is 537 g/mol. The predicted octanol–water partition coefficient (Wildman–Crippen LogP) is 3.46. The second kappa shape index (κ2) is 12.3. The Kier molecular flexibility index (Phi) is 10.5. The van der Waals surface area contributed by atoms with Gasteiger partial charge in [-0.15, -0.1) is 24.0 Å². The van der Waals surface area contributed by atoms with Crippen molar-refractivity contribution < 1.29 is 9.47 Å². The molecular formula is C21H34ClIN4O2. The van der Waals surface area contributed by atoms with Crippen molar-refractivity contribution in [3.63, 3.8) is 0 Å². The molecule has 2 N–H and O–H groups in total. The lowest BCUT2D eigenvalue weighted by atomic mass is 10.0. The zero-order valence-electron chi connectivity index (χ0n) is 17.5. The number of halogens is 2. The molecule has 2 aliphatic heterocycles. The van der Waals surface area contributed by atoms with E-state index in [4.69, 9.17) is 26.1 Å². The molecule has 0 radical (unpaired) electrons. The van der Waals surface area contributed by atoms with Crippen molar-refractivity contribution in [2.75, 3.05) is 52.5 Å². The second-order valence-electron chi connectivity index (χ2n) is 7.69. The molecule has 2 atom stereocenters. The second-order valence-corrected chi connectivity index (χ2v) is 8.13. The Hall–Kier alpha value is -0.610. The van der Waals surface area contributed by atoms with Crippen LogP contribution < -0.4 is 10.6 Å². The number of aliphatic imine (C=N–C) groups is 1. The number of morpholine rings is 1. The summed E-state index contributed by atoms with van der Waals surface area (Å²) in [5, 5.41) is 7.66. The summed E-state index contributed by atoms with van der Waals surface area (Å²) in [6.45, 7) is 10.7. The molecule has 2 fully saturated rings. The van der Waals surface area contributed by atoms with Gasteiger partial charge in [0.15, 0.2) is 5.96 Å². The summed E-state index contributed by atoms with van der Waals surface area (Å²) in [5.74, 6) is 0.839. The molecular weight excluding hydrogens is 503 g/mol. The maximum Gasteiger partial charge on any atom is 0.191 e. The van der Waals surface area contributed by atoms with E-state index in [0.717, 1.165) is 69.8 Å². The van der Waals surface area contributed by atoms with Crippen LogP contribution >= 0.6 is 35.6 Å². The maximum absolute atomic E-state index is 6.10. The number of hydrogen-bond acceptors (Lipinski definition) is 4. The summed E-state index contributed by atoms with van der Waals surface area (Å²) in [4.78, 5) is 7.26. The first kappa shape index (κ1) is 24.7. The largest absolute Gasteiger partial charge is 0.379 e. The van der Waals surface area contributed by atoms with Crippen LogP contribution in [0.4, 0.5) is 0 Å². The lowest BCUT2D eigenvalue weighted by Crippen LogP contribution is -2.46. The molecule has 0 spiro atoms. The lowest BCUT2D eigenvalue weighted by Gasteiger charge is -2.35. The molecule has 2 heterocycles. The zero-order valence-corrected chi connectivity index (χ0v) is 20.5. The van der Waals surface area contributed by atoms with Crippen LogP contribution in [0.25, 0.3) is 0 Å². The zero-order chi connectivity index (χ0) is 19.8. The minimum Gasteiger partial charge on any atom is -0.379 e. The summed E-state index contributed by atoms with van der Waals surface area (Å²) >= 11 is 6.10. The quantitative estimate of drug-likeness (QED) is 0.318. The smallest absolute Gasteiger partial charge is 0.191 e. The summed E-state index contributed by atoms with van der Waals surface area (Å²) in [6, 6.07) is 8.39. The fourth-order valence-electron chi connectivity index (χ4n) is 3.77. The highest BCUT2D eigenvalue weighted by Crippen LogP contribution is 2.25. The van der Waals surface area contributed by atoms with E-state index in [1.807, 2.05) is 12.1 Å². The van der Waals surface area contributed by atoms with Crippen molar-refractivity contribution in [3.05, 3.63) is 34.9 Å². The summed E-state index contributed by atoms with van der Waals surface area (Å²) in [7, 11) is 0. The van der Waals surface area contributed by atoms with Crippen LogP contribution in [-0.2, 0) is 9.47 Å². The van der Waals surface area contributed by atoms with Crippen molar-refractivity contribution in [1.82, 2.24) is 15.5 Å². The van der Waals surface area contributed by atoms with Gasteiger partial charge in [0.1, 0.15) is 0 Å². The molecule has 1 aromatic rings. The van der Waals surface area contributed by atoms with Crippen LogP contribution in [0.15, 0.2) is 29.3 Å². The van der Waals surface area contributed by atoms with E-state index in [1.165, 1.54) is 5.56 Å². The minimum absolute atomic E-state index is 0. The van der Waals surface area contributed by atoms with Crippen molar-refractivity contribution in [2.24, 2.45) is 4.99 Å². The van der Waals surface area contributed by atoms with Gasteiger partial charge in [0, 0.05) is 37.8 Å². The Morgan fingerprint density at radius 2 is 1.93 bits per heavy atom. The molecule has 2 unspecified atom stereocenters. The molecule has 0 saturated carbocycles. The normalized spacial score (nSPS) is 24.0.